The molecule has 0 fully saturated rings. The van der Waals surface area contributed by atoms with E-state index in [0.29, 0.717) is 0 Å². The second-order valence-corrected chi connectivity index (χ2v) is 5.60. The third-order valence-corrected chi connectivity index (χ3v) is 4.51. The molecule has 0 atom stereocenters. The number of thiophene rings is 1. The largest absolute Gasteiger partial charge is 0.135 e. The third kappa shape index (κ3) is 1.33. The van der Waals surface area contributed by atoms with Crippen LogP contribution in [0.25, 0.3) is 30.9 Å². The van der Waals surface area contributed by atoms with Crippen molar-refractivity contribution in [3.05, 3.63) is 54.6 Å². The Kier molecular flexibility index (Phi) is 2.03. The lowest BCUT2D eigenvalue weighted by molar-refractivity contribution is 1.82. The zero-order valence-corrected chi connectivity index (χ0v) is 10.5. The van der Waals surface area contributed by atoms with E-state index < -0.39 is 0 Å². The molecule has 3 aromatic carbocycles. The monoisotopic (exact) mass is 244 g/mol. The van der Waals surface area contributed by atoms with Crippen LogP contribution in [0.15, 0.2) is 54.6 Å². The van der Waals surface area contributed by atoms with E-state index in [1.54, 1.807) is 0 Å². The first-order valence-electron chi connectivity index (χ1n) is 5.92. The van der Waals surface area contributed by atoms with Crippen LogP contribution in [0.1, 0.15) is 0 Å². The van der Waals surface area contributed by atoms with Crippen molar-refractivity contribution in [2.45, 2.75) is 0 Å². The highest BCUT2D eigenvalue weighted by Crippen LogP contribution is 2.35. The van der Waals surface area contributed by atoms with Crippen LogP contribution < -0.4 is 5.46 Å². The van der Waals surface area contributed by atoms with E-state index in [9.17, 15) is 0 Å². The van der Waals surface area contributed by atoms with Gasteiger partial charge in [-0.05, 0) is 34.4 Å². The Morgan fingerprint density at radius 3 is 2.39 bits per heavy atom. The van der Waals surface area contributed by atoms with Gasteiger partial charge in [0.25, 0.3) is 0 Å². The fourth-order valence-electron chi connectivity index (χ4n) is 2.54. The summed E-state index contributed by atoms with van der Waals surface area (Å²) in [5.41, 5.74) is 0.869. The van der Waals surface area contributed by atoms with Crippen molar-refractivity contribution in [3.63, 3.8) is 0 Å². The van der Waals surface area contributed by atoms with E-state index in [4.69, 9.17) is 7.85 Å². The molecule has 18 heavy (non-hydrogen) atoms. The van der Waals surface area contributed by atoms with E-state index >= 15 is 0 Å². The number of hydrogen-bond acceptors (Lipinski definition) is 1. The van der Waals surface area contributed by atoms with Crippen molar-refractivity contribution in [1.82, 2.24) is 0 Å². The van der Waals surface area contributed by atoms with Crippen molar-refractivity contribution in [2.24, 2.45) is 0 Å². The van der Waals surface area contributed by atoms with Gasteiger partial charge in [0.1, 0.15) is 7.85 Å². The van der Waals surface area contributed by atoms with Crippen LogP contribution in [0.5, 0.6) is 0 Å². The SMILES string of the molecule is [B]c1cccc2sc3cc4ccccc4cc3c12. The van der Waals surface area contributed by atoms with Gasteiger partial charge in [-0.3, -0.25) is 0 Å². The van der Waals surface area contributed by atoms with Crippen molar-refractivity contribution in [1.29, 1.82) is 0 Å². The molecule has 2 heteroatoms. The lowest BCUT2D eigenvalue weighted by Crippen LogP contribution is -2.00. The maximum Gasteiger partial charge on any atom is 0.114 e. The molecule has 2 radical (unpaired) electrons. The van der Waals surface area contributed by atoms with Gasteiger partial charge in [-0.1, -0.05) is 41.9 Å². The Hall–Kier alpha value is -1.80. The highest BCUT2D eigenvalue weighted by atomic mass is 32.1. The first-order chi connectivity index (χ1) is 8.83. The maximum absolute atomic E-state index is 6.12. The molecule has 0 saturated heterocycles. The van der Waals surface area contributed by atoms with Crippen molar-refractivity contribution in [3.8, 4) is 0 Å². The van der Waals surface area contributed by atoms with Crippen molar-refractivity contribution < 1.29 is 0 Å². The second-order valence-electron chi connectivity index (χ2n) is 4.52. The van der Waals surface area contributed by atoms with Crippen molar-refractivity contribution in [2.75, 3.05) is 0 Å². The summed E-state index contributed by atoms with van der Waals surface area (Å²) in [6.45, 7) is 0. The molecule has 0 aliphatic heterocycles. The van der Waals surface area contributed by atoms with Crippen LogP contribution >= 0.6 is 11.3 Å². The lowest BCUT2D eigenvalue weighted by Gasteiger charge is -2.00. The Bertz CT molecular complexity index is 889. The van der Waals surface area contributed by atoms with Gasteiger partial charge in [-0.2, -0.15) is 0 Å². The van der Waals surface area contributed by atoms with Gasteiger partial charge in [-0.15, -0.1) is 11.3 Å². The van der Waals surface area contributed by atoms with Crippen LogP contribution in [0, 0.1) is 0 Å². The Morgan fingerprint density at radius 2 is 1.56 bits per heavy atom. The van der Waals surface area contributed by atoms with Gasteiger partial charge in [0.05, 0.1) is 0 Å². The summed E-state index contributed by atoms with van der Waals surface area (Å²) >= 11 is 1.81. The predicted molar refractivity (Wildman–Crippen MR) is 82.2 cm³/mol. The average Bonchev–Trinajstić information content (AvgIpc) is 2.74. The molecule has 0 aliphatic carbocycles. The molecule has 4 rings (SSSR count). The Balaban J connectivity index is 2.29. The molecule has 82 valence electrons. The van der Waals surface area contributed by atoms with Gasteiger partial charge < -0.3 is 0 Å². The third-order valence-electron chi connectivity index (χ3n) is 3.40. The number of rotatable bonds is 0. The summed E-state index contributed by atoms with van der Waals surface area (Å²) in [5.74, 6) is 0. The molecule has 0 N–H and O–H groups in total. The summed E-state index contributed by atoms with van der Waals surface area (Å²) in [5, 5.41) is 5.03. The molecule has 0 nitrogen and oxygen atoms in total. The highest BCUT2D eigenvalue weighted by molar-refractivity contribution is 7.26. The molecule has 1 heterocycles. The zero-order chi connectivity index (χ0) is 12.1. The second kappa shape index (κ2) is 3.60. The summed E-state index contributed by atoms with van der Waals surface area (Å²) in [4.78, 5) is 0. The van der Waals surface area contributed by atoms with Gasteiger partial charge >= 0.3 is 0 Å². The van der Waals surface area contributed by atoms with Crippen LogP contribution in [-0.4, -0.2) is 7.85 Å². The zero-order valence-electron chi connectivity index (χ0n) is 9.68. The number of hydrogen-bond donors (Lipinski definition) is 0. The van der Waals surface area contributed by atoms with E-state index in [2.05, 4.69) is 42.5 Å². The quantitative estimate of drug-likeness (QED) is 0.410. The molecular formula is C16H9BS. The van der Waals surface area contributed by atoms with Crippen LogP contribution in [0.2, 0.25) is 0 Å². The minimum Gasteiger partial charge on any atom is -0.135 e. The summed E-state index contributed by atoms with van der Waals surface area (Å²) in [6.07, 6.45) is 0. The van der Waals surface area contributed by atoms with Gasteiger partial charge in [0.15, 0.2) is 0 Å². The Labute approximate surface area is 110 Å². The van der Waals surface area contributed by atoms with Gasteiger partial charge in [-0.25, -0.2) is 0 Å². The summed E-state index contributed by atoms with van der Waals surface area (Å²) in [6, 6.07) is 19.1. The molecular weight excluding hydrogens is 235 g/mol. The van der Waals surface area contributed by atoms with Crippen LogP contribution in [0.4, 0.5) is 0 Å². The topological polar surface area (TPSA) is 0 Å². The first kappa shape index (κ1) is 10.2. The Morgan fingerprint density at radius 1 is 0.778 bits per heavy atom. The minimum atomic E-state index is 0.869. The molecule has 0 unspecified atom stereocenters. The molecule has 0 spiro atoms. The highest BCUT2D eigenvalue weighted by Gasteiger charge is 2.07. The van der Waals surface area contributed by atoms with E-state index in [0.717, 1.165) is 5.46 Å². The minimum absolute atomic E-state index is 0.869. The lowest BCUT2D eigenvalue weighted by atomic mass is 9.91. The summed E-state index contributed by atoms with van der Waals surface area (Å²) in [7, 11) is 6.12. The molecule has 0 saturated carbocycles. The smallest absolute Gasteiger partial charge is 0.114 e. The van der Waals surface area contributed by atoms with Crippen LogP contribution in [-0.2, 0) is 0 Å². The van der Waals surface area contributed by atoms with E-state index in [-0.39, 0.29) is 0 Å². The van der Waals surface area contributed by atoms with Crippen LogP contribution in [0.3, 0.4) is 0 Å². The average molecular weight is 244 g/mol. The first-order valence-corrected chi connectivity index (χ1v) is 6.74. The molecule has 0 amide bonds. The number of benzene rings is 3. The van der Waals surface area contributed by atoms with Crippen molar-refractivity contribution >= 4 is 55.6 Å². The number of fused-ring (bicyclic) bond motifs is 4. The molecule has 0 bridgehead atoms. The summed E-state index contributed by atoms with van der Waals surface area (Å²) < 4.78 is 2.57. The van der Waals surface area contributed by atoms with E-state index in [1.807, 2.05) is 23.5 Å². The normalized spacial score (nSPS) is 11.6. The van der Waals surface area contributed by atoms with E-state index in [1.165, 1.54) is 30.9 Å². The molecule has 0 aliphatic rings. The molecule has 4 aromatic rings. The fraction of sp³-hybridized carbons (Fsp3) is 0. The predicted octanol–water partition coefficient (Wildman–Crippen LogP) is 4.00. The standard InChI is InChI=1S/C16H9BS/c17-13-6-3-7-14-16(13)12-8-10-4-1-2-5-11(10)9-15(12)18-14/h1-9H. The van der Waals surface area contributed by atoms with Gasteiger partial charge in [0.2, 0.25) is 0 Å². The molecule has 1 aromatic heterocycles. The maximum atomic E-state index is 6.12. The fourth-order valence-corrected chi connectivity index (χ4v) is 3.71. The van der Waals surface area contributed by atoms with Gasteiger partial charge in [0, 0.05) is 14.8 Å².